The minimum atomic E-state index is -3.78. The van der Waals surface area contributed by atoms with Crippen molar-refractivity contribution in [2.24, 2.45) is 5.14 Å². The number of sulfonamides is 1. The van der Waals surface area contributed by atoms with Crippen molar-refractivity contribution >= 4 is 38.1 Å². The highest BCUT2D eigenvalue weighted by atomic mass is 32.2. The molecule has 0 aliphatic rings. The second-order valence-electron chi connectivity index (χ2n) is 5.12. The van der Waals surface area contributed by atoms with Gasteiger partial charge in [-0.3, -0.25) is 4.79 Å². The molecule has 1 heterocycles. The number of rotatable bonds is 4. The molecule has 3 aromatic rings. The molecule has 128 valence electrons. The van der Waals surface area contributed by atoms with Gasteiger partial charge in [0.25, 0.3) is 5.91 Å². The largest absolute Gasteiger partial charge is 0.375 e. The average molecular weight is 374 g/mol. The SMILES string of the molecule is Nc1nc(-c2ccccc2)c(C(=O)Nc2ccc(S(N)(=O)=O)cc2)s1. The number of benzene rings is 2. The molecule has 0 unspecified atom stereocenters. The molecule has 0 spiro atoms. The fourth-order valence-electron chi connectivity index (χ4n) is 2.20. The zero-order valence-corrected chi connectivity index (χ0v) is 14.5. The van der Waals surface area contributed by atoms with E-state index in [1.807, 2.05) is 30.3 Å². The molecule has 0 saturated carbocycles. The van der Waals surface area contributed by atoms with Crippen LogP contribution in [0, 0.1) is 0 Å². The first-order chi connectivity index (χ1) is 11.8. The van der Waals surface area contributed by atoms with Crippen molar-refractivity contribution in [3.63, 3.8) is 0 Å². The highest BCUT2D eigenvalue weighted by Crippen LogP contribution is 2.30. The van der Waals surface area contributed by atoms with Crippen LogP contribution in [0.25, 0.3) is 11.3 Å². The van der Waals surface area contributed by atoms with Crippen molar-refractivity contribution < 1.29 is 13.2 Å². The molecule has 0 atom stereocenters. The van der Waals surface area contributed by atoms with Gasteiger partial charge in [0.15, 0.2) is 5.13 Å². The Hall–Kier alpha value is -2.75. The van der Waals surface area contributed by atoms with E-state index in [4.69, 9.17) is 10.9 Å². The smallest absolute Gasteiger partial charge is 0.268 e. The fourth-order valence-corrected chi connectivity index (χ4v) is 3.46. The first kappa shape index (κ1) is 17.1. The number of carbonyl (C=O) groups excluding carboxylic acids is 1. The van der Waals surface area contributed by atoms with Crippen LogP contribution in [-0.4, -0.2) is 19.3 Å². The second-order valence-corrected chi connectivity index (χ2v) is 7.71. The number of primary sulfonamides is 1. The lowest BCUT2D eigenvalue weighted by Gasteiger charge is -2.06. The molecule has 1 amide bonds. The van der Waals surface area contributed by atoms with Crippen LogP contribution in [0.5, 0.6) is 0 Å². The summed E-state index contributed by atoms with van der Waals surface area (Å²) >= 11 is 1.08. The topological polar surface area (TPSA) is 128 Å². The highest BCUT2D eigenvalue weighted by Gasteiger charge is 2.19. The van der Waals surface area contributed by atoms with Crippen molar-refractivity contribution in [3.05, 3.63) is 59.5 Å². The summed E-state index contributed by atoms with van der Waals surface area (Å²) in [6.45, 7) is 0. The van der Waals surface area contributed by atoms with Crippen LogP contribution < -0.4 is 16.2 Å². The number of anilines is 2. The lowest BCUT2D eigenvalue weighted by molar-refractivity contribution is 0.103. The summed E-state index contributed by atoms with van der Waals surface area (Å²) in [5, 5.41) is 8.04. The van der Waals surface area contributed by atoms with E-state index in [1.165, 1.54) is 24.3 Å². The molecule has 1 aromatic heterocycles. The first-order valence-corrected chi connectivity index (χ1v) is 9.47. The van der Waals surface area contributed by atoms with Crippen LogP contribution in [0.1, 0.15) is 9.67 Å². The second kappa shape index (κ2) is 6.63. The number of nitrogens with two attached hydrogens (primary N) is 2. The van der Waals surface area contributed by atoms with E-state index >= 15 is 0 Å². The third-order valence-corrected chi connectivity index (χ3v) is 5.15. The van der Waals surface area contributed by atoms with Crippen molar-refractivity contribution in [2.45, 2.75) is 4.90 Å². The Balaban J connectivity index is 1.87. The monoisotopic (exact) mass is 374 g/mol. The Kier molecular flexibility index (Phi) is 4.53. The molecular weight excluding hydrogens is 360 g/mol. The van der Waals surface area contributed by atoms with Gasteiger partial charge in [-0.25, -0.2) is 18.5 Å². The summed E-state index contributed by atoms with van der Waals surface area (Å²) in [6.07, 6.45) is 0. The van der Waals surface area contributed by atoms with E-state index in [1.54, 1.807) is 0 Å². The van der Waals surface area contributed by atoms with Crippen LogP contribution in [-0.2, 0) is 10.0 Å². The van der Waals surface area contributed by atoms with Crippen molar-refractivity contribution in [2.75, 3.05) is 11.1 Å². The maximum absolute atomic E-state index is 12.6. The van der Waals surface area contributed by atoms with Gasteiger partial charge in [0.05, 0.1) is 10.6 Å². The predicted molar refractivity (Wildman–Crippen MR) is 97.7 cm³/mol. The summed E-state index contributed by atoms with van der Waals surface area (Å²) in [6, 6.07) is 14.8. The number of hydrogen-bond donors (Lipinski definition) is 3. The zero-order valence-electron chi connectivity index (χ0n) is 12.8. The third-order valence-electron chi connectivity index (χ3n) is 3.34. The number of thiazole rings is 1. The summed E-state index contributed by atoms with van der Waals surface area (Å²) < 4.78 is 22.5. The van der Waals surface area contributed by atoms with Gasteiger partial charge in [0.2, 0.25) is 10.0 Å². The van der Waals surface area contributed by atoms with Crippen LogP contribution in [0.2, 0.25) is 0 Å². The van der Waals surface area contributed by atoms with Gasteiger partial charge >= 0.3 is 0 Å². The van der Waals surface area contributed by atoms with Gasteiger partial charge < -0.3 is 11.1 Å². The van der Waals surface area contributed by atoms with Crippen molar-refractivity contribution in [1.29, 1.82) is 0 Å². The lowest BCUT2D eigenvalue weighted by Crippen LogP contribution is -2.13. The number of nitrogen functional groups attached to an aromatic ring is 1. The van der Waals surface area contributed by atoms with Gasteiger partial charge in [-0.1, -0.05) is 41.7 Å². The fraction of sp³-hybridized carbons (Fsp3) is 0. The van der Waals surface area contributed by atoms with E-state index in [2.05, 4.69) is 10.3 Å². The van der Waals surface area contributed by atoms with E-state index < -0.39 is 10.0 Å². The maximum atomic E-state index is 12.6. The zero-order chi connectivity index (χ0) is 18.0. The molecule has 0 fully saturated rings. The molecule has 0 aliphatic carbocycles. The van der Waals surface area contributed by atoms with Crippen molar-refractivity contribution in [3.8, 4) is 11.3 Å². The minimum Gasteiger partial charge on any atom is -0.375 e. The van der Waals surface area contributed by atoms with Gasteiger partial charge in [-0.15, -0.1) is 0 Å². The van der Waals surface area contributed by atoms with E-state index in [0.29, 0.717) is 16.3 Å². The Morgan fingerprint density at radius 1 is 1.04 bits per heavy atom. The molecule has 0 saturated heterocycles. The number of carbonyl (C=O) groups is 1. The molecule has 0 bridgehead atoms. The predicted octanol–water partition coefficient (Wildman–Crippen LogP) is 2.29. The quantitative estimate of drug-likeness (QED) is 0.645. The molecule has 0 radical (unpaired) electrons. The highest BCUT2D eigenvalue weighted by molar-refractivity contribution is 7.89. The third kappa shape index (κ3) is 3.85. The molecule has 9 heteroatoms. The Labute approximate surface area is 148 Å². The van der Waals surface area contributed by atoms with Gasteiger partial charge in [0, 0.05) is 11.3 Å². The number of amides is 1. The minimum absolute atomic E-state index is 0.0301. The van der Waals surface area contributed by atoms with Crippen LogP contribution >= 0.6 is 11.3 Å². The molecule has 0 aliphatic heterocycles. The first-order valence-electron chi connectivity index (χ1n) is 7.10. The lowest BCUT2D eigenvalue weighted by atomic mass is 10.1. The summed E-state index contributed by atoms with van der Waals surface area (Å²) in [5.41, 5.74) is 7.48. The van der Waals surface area contributed by atoms with Crippen LogP contribution in [0.15, 0.2) is 59.5 Å². The average Bonchev–Trinajstić information content (AvgIpc) is 2.97. The van der Waals surface area contributed by atoms with E-state index in [0.717, 1.165) is 16.9 Å². The Bertz CT molecular complexity index is 1010. The van der Waals surface area contributed by atoms with Crippen LogP contribution in [0.3, 0.4) is 0 Å². The van der Waals surface area contributed by atoms with Crippen LogP contribution in [0.4, 0.5) is 10.8 Å². The molecule has 25 heavy (non-hydrogen) atoms. The number of aromatic nitrogens is 1. The maximum Gasteiger partial charge on any atom is 0.268 e. The summed E-state index contributed by atoms with van der Waals surface area (Å²) in [5.74, 6) is -0.378. The summed E-state index contributed by atoms with van der Waals surface area (Å²) in [4.78, 5) is 17.1. The molecule has 3 rings (SSSR count). The Morgan fingerprint density at radius 2 is 1.68 bits per heavy atom. The molecule has 5 N–H and O–H groups in total. The normalized spacial score (nSPS) is 11.2. The molecular formula is C16H14N4O3S2. The number of nitrogens with one attached hydrogen (secondary N) is 1. The summed E-state index contributed by atoms with van der Waals surface area (Å²) in [7, 11) is -3.78. The number of nitrogens with zero attached hydrogens (tertiary/aromatic N) is 1. The van der Waals surface area contributed by atoms with E-state index in [-0.39, 0.29) is 15.9 Å². The standard InChI is InChI=1S/C16H14N4O3S2/c17-16-20-13(10-4-2-1-3-5-10)14(24-16)15(21)19-11-6-8-12(9-7-11)25(18,22)23/h1-9H,(H2,17,20)(H,19,21)(H2,18,22,23). The molecule has 2 aromatic carbocycles. The number of hydrogen-bond acceptors (Lipinski definition) is 6. The van der Waals surface area contributed by atoms with Gasteiger partial charge in [-0.05, 0) is 24.3 Å². The van der Waals surface area contributed by atoms with Crippen molar-refractivity contribution in [1.82, 2.24) is 4.98 Å². The van der Waals surface area contributed by atoms with Gasteiger partial charge in [0.1, 0.15) is 4.88 Å². The van der Waals surface area contributed by atoms with E-state index in [9.17, 15) is 13.2 Å². The Morgan fingerprint density at radius 3 is 2.28 bits per heavy atom. The molecule has 7 nitrogen and oxygen atoms in total. The van der Waals surface area contributed by atoms with Gasteiger partial charge in [-0.2, -0.15) is 0 Å².